The number of fused-ring (bicyclic) bond motifs is 2. The van der Waals surface area contributed by atoms with Crippen LogP contribution in [0.25, 0.3) is 11.3 Å². The first-order valence-electron chi connectivity index (χ1n) is 21.7. The first-order chi connectivity index (χ1) is 37.5. The number of carbonyl (C=O) groups excluding carboxylic acids is 1. The Bertz CT molecular complexity index is 3680. The first kappa shape index (κ1) is 65.5. The number of carboxylic acids is 1. The number of rotatable bonds is 9. The molecule has 21 nitrogen and oxygen atoms in total. The molecule has 6 heterocycles. The van der Waals surface area contributed by atoms with Crippen LogP contribution in [-0.4, -0.2) is 125 Å². The van der Waals surface area contributed by atoms with E-state index in [9.17, 15) is 87.9 Å². The molecule has 40 heteroatoms. The molecule has 0 bridgehead atoms. The molecule has 0 fully saturated rings. The fraction of sp³-hybridized carbons (Fsp3) is 0.286. The van der Waals surface area contributed by atoms with Crippen LogP contribution < -0.4 is 21.1 Å². The molecule has 2 aromatic carbocycles. The van der Waals surface area contributed by atoms with Crippen molar-refractivity contribution in [3.8, 4) is 0 Å². The molecule has 2 aliphatic rings. The highest BCUT2D eigenvalue weighted by molar-refractivity contribution is 7.90. The lowest BCUT2D eigenvalue weighted by atomic mass is 10.2. The van der Waals surface area contributed by atoms with Gasteiger partial charge in [-0.2, -0.15) is 69.5 Å². The van der Waals surface area contributed by atoms with Gasteiger partial charge in [0.15, 0.2) is 17.1 Å². The number of aromatic carboxylic acids is 1. The van der Waals surface area contributed by atoms with E-state index in [2.05, 4.69) is 35.0 Å². The van der Waals surface area contributed by atoms with Gasteiger partial charge in [0.2, 0.25) is 0 Å². The summed E-state index contributed by atoms with van der Waals surface area (Å²) < 4.78 is 241. The molecule has 0 atom stereocenters. The zero-order chi connectivity index (χ0) is 60.5. The summed E-state index contributed by atoms with van der Waals surface area (Å²) in [5.41, 5.74) is -10.4. The van der Waals surface area contributed by atoms with Crippen molar-refractivity contribution >= 4 is 102 Å². The second kappa shape index (κ2) is 24.6. The zero-order valence-electron chi connectivity index (χ0n) is 40.7. The topological polar surface area (TPSA) is 251 Å². The average Bonchev–Trinajstić information content (AvgIpc) is 4.18. The summed E-state index contributed by atoms with van der Waals surface area (Å²) in [7, 11) is -9.61. The van der Waals surface area contributed by atoms with Crippen molar-refractivity contribution in [2.45, 2.75) is 36.5 Å². The number of imidazole rings is 2. The lowest BCUT2D eigenvalue weighted by molar-refractivity contribution is -0.142. The van der Waals surface area contributed by atoms with E-state index in [1.54, 1.807) is 0 Å². The quantitative estimate of drug-likeness (QED) is 0.115. The normalized spacial score (nSPS) is 14.5. The predicted octanol–water partition coefficient (Wildman–Crippen LogP) is 8.26. The second-order valence-electron chi connectivity index (χ2n) is 16.0. The summed E-state index contributed by atoms with van der Waals surface area (Å²) >= 11 is 11.4. The van der Waals surface area contributed by atoms with Crippen LogP contribution in [0.4, 0.5) is 72.8 Å². The minimum atomic E-state index is -5.81. The molecule has 448 valence electrons. The smallest absolute Gasteiger partial charge is 0.476 e. The molecule has 0 radical (unpaired) electrons. The van der Waals surface area contributed by atoms with Crippen molar-refractivity contribution in [1.29, 1.82) is 0 Å². The summed E-state index contributed by atoms with van der Waals surface area (Å²) in [5, 5.41) is 20.4. The van der Waals surface area contributed by atoms with E-state index in [1.165, 1.54) is 42.5 Å². The SMILES string of the molecule is COC1=NN(c2ccc(CN)cc2F)CCN1S(=O)(=O)C(F)(F)F.COC1=NN(c2ccc(CNC(=O)c3c(C(F)(F)F)nc4ccc(Cl)cn34)cc2F)CCN1S(=O)(=O)C(F)(F)F.Cl.O=C(O)c1c(C(F)(F)F)nc2ccc(Cl)cn12. The average molecular weight is 1290 g/mol. The van der Waals surface area contributed by atoms with Crippen LogP contribution in [0.1, 0.15) is 43.5 Å². The van der Waals surface area contributed by atoms with E-state index >= 15 is 0 Å². The van der Waals surface area contributed by atoms with E-state index in [0.29, 0.717) is 5.56 Å². The number of hydrogen-bond acceptors (Lipinski definition) is 15. The van der Waals surface area contributed by atoms with Gasteiger partial charge in [0.05, 0.1) is 61.8 Å². The summed E-state index contributed by atoms with van der Waals surface area (Å²) in [6, 6.07) is 10.6. The molecular weight excluding hydrogens is 1250 g/mol. The molecule has 1 amide bonds. The van der Waals surface area contributed by atoms with Crippen LogP contribution in [-0.2, 0) is 55.0 Å². The van der Waals surface area contributed by atoms with Crippen LogP contribution in [0.5, 0.6) is 0 Å². The monoisotopic (exact) mass is 1290 g/mol. The van der Waals surface area contributed by atoms with Gasteiger partial charge in [-0.3, -0.25) is 23.6 Å². The third-order valence-electron chi connectivity index (χ3n) is 10.8. The molecule has 82 heavy (non-hydrogen) atoms. The number of halogens is 17. The third kappa shape index (κ3) is 13.9. The fourth-order valence-electron chi connectivity index (χ4n) is 7.18. The molecule has 2 aliphatic heterocycles. The number of anilines is 2. The number of ether oxygens (including phenoxy) is 2. The van der Waals surface area contributed by atoms with Crippen molar-refractivity contribution in [3.05, 3.63) is 129 Å². The summed E-state index contributed by atoms with van der Waals surface area (Å²) in [6.45, 7) is -2.46. The Kier molecular flexibility index (Phi) is 19.7. The highest BCUT2D eigenvalue weighted by Gasteiger charge is 2.54. The molecule has 0 aliphatic carbocycles. The number of benzene rings is 2. The second-order valence-corrected chi connectivity index (χ2v) is 20.6. The molecule has 8 rings (SSSR count). The van der Waals surface area contributed by atoms with Crippen molar-refractivity contribution in [1.82, 2.24) is 32.7 Å². The summed E-state index contributed by atoms with van der Waals surface area (Å²) in [6.07, 6.45) is -7.64. The number of nitrogens with one attached hydrogen (secondary N) is 1. The highest BCUT2D eigenvalue weighted by atomic mass is 35.5. The Morgan fingerprint density at radius 1 is 0.634 bits per heavy atom. The Morgan fingerprint density at radius 2 is 1.02 bits per heavy atom. The minimum Gasteiger partial charge on any atom is -0.476 e. The van der Waals surface area contributed by atoms with E-state index in [4.69, 9.17) is 34.0 Å². The fourth-order valence-corrected chi connectivity index (χ4v) is 9.27. The van der Waals surface area contributed by atoms with Gasteiger partial charge in [0.1, 0.15) is 28.6 Å². The molecule has 4 aromatic heterocycles. The number of pyridine rings is 2. The van der Waals surface area contributed by atoms with Gasteiger partial charge in [-0.15, -0.1) is 22.6 Å². The minimum absolute atomic E-state index is 0. The van der Waals surface area contributed by atoms with Crippen LogP contribution in [0.15, 0.2) is 83.3 Å². The number of nitrogens with two attached hydrogens (primary N) is 1. The Labute approximate surface area is 467 Å². The standard InChI is InChI=1S/C21H16ClF7N6O4S.C12H14F4N4O3S.C9H4ClF3N2O2.ClH/c1-39-19-32-34(6-7-35(19)40(37,38)21(27,28)29)14-4-2-11(8-13(14)23)9-30-18(36)16-17(20(24,25)26)31-15-5-3-12(22)10-33(15)16;1-23-11-18-19(10-3-2-8(7-17)6-9(10)13)4-5-20(11)24(21,22)12(14,15)16;10-4-1-2-5-14-7(9(11,12)13)6(8(16)17)15(5)3-4;/h2-5,8,10H,6-7,9H2,1H3,(H,30,36);2-3,6H,4-5,7,17H2,1H3;1-3H,(H,16,17);1H. The van der Waals surface area contributed by atoms with Crippen molar-refractivity contribution in [3.63, 3.8) is 0 Å². The zero-order valence-corrected chi connectivity index (χ0v) is 44.7. The van der Waals surface area contributed by atoms with E-state index in [-0.39, 0.29) is 72.4 Å². The van der Waals surface area contributed by atoms with Crippen molar-refractivity contribution in [2.75, 3.05) is 50.4 Å². The number of amidine groups is 2. The maximum absolute atomic E-state index is 14.9. The lowest BCUT2D eigenvalue weighted by Crippen LogP contribution is -2.51. The van der Waals surface area contributed by atoms with Gasteiger partial charge in [-0.25, -0.2) is 32.2 Å². The van der Waals surface area contributed by atoms with Crippen LogP contribution >= 0.6 is 35.6 Å². The van der Waals surface area contributed by atoms with Crippen molar-refractivity contribution < 1.29 is 102 Å². The number of carbonyl (C=O) groups is 2. The number of carboxylic acid groups (broad SMARTS) is 1. The Balaban J connectivity index is 0.000000248. The summed E-state index contributed by atoms with van der Waals surface area (Å²) in [5.74, 6) is -4.56. The van der Waals surface area contributed by atoms with Gasteiger partial charge >= 0.3 is 61.4 Å². The van der Waals surface area contributed by atoms with Crippen LogP contribution in [0, 0.1) is 11.6 Å². The summed E-state index contributed by atoms with van der Waals surface area (Å²) in [4.78, 5) is 30.3. The van der Waals surface area contributed by atoms with Gasteiger partial charge in [0.25, 0.3) is 5.91 Å². The number of amides is 1. The number of methoxy groups -OCH3 is 2. The van der Waals surface area contributed by atoms with E-state index < -0.39 is 128 Å². The predicted molar refractivity (Wildman–Crippen MR) is 263 cm³/mol. The number of alkyl halides is 12. The highest BCUT2D eigenvalue weighted by Crippen LogP contribution is 2.36. The van der Waals surface area contributed by atoms with Crippen molar-refractivity contribution in [2.24, 2.45) is 15.9 Å². The van der Waals surface area contributed by atoms with Gasteiger partial charge in [0, 0.05) is 25.5 Å². The number of hydrazone groups is 2. The number of aromatic nitrogens is 4. The van der Waals surface area contributed by atoms with E-state index in [0.717, 1.165) is 63.6 Å². The molecule has 4 N–H and O–H groups in total. The van der Waals surface area contributed by atoms with Gasteiger partial charge in [-0.05, 0) is 59.7 Å². The maximum Gasteiger partial charge on any atom is 0.516 e. The van der Waals surface area contributed by atoms with Gasteiger partial charge in [-0.1, -0.05) is 35.3 Å². The van der Waals surface area contributed by atoms with Gasteiger partial charge < -0.3 is 25.6 Å². The largest absolute Gasteiger partial charge is 0.516 e. The molecule has 6 aromatic rings. The maximum atomic E-state index is 14.9. The number of nitrogens with zero attached hydrogens (tertiary/aromatic N) is 10. The molecule has 0 unspecified atom stereocenters. The molecular formula is C42H35Cl3F14N12O9S2. The van der Waals surface area contributed by atoms with Crippen LogP contribution in [0.3, 0.4) is 0 Å². The molecule has 0 saturated carbocycles. The first-order valence-corrected chi connectivity index (χ1v) is 25.4. The molecule has 0 spiro atoms. The number of hydrogen-bond donors (Lipinski definition) is 3. The number of sulfonamides is 2. The Hall–Kier alpha value is -7.35. The third-order valence-corrected chi connectivity index (χ3v) is 14.2. The lowest BCUT2D eigenvalue weighted by Gasteiger charge is -2.32. The molecule has 0 saturated heterocycles. The Morgan fingerprint density at radius 3 is 1.39 bits per heavy atom. The van der Waals surface area contributed by atoms with Crippen LogP contribution in [0.2, 0.25) is 10.0 Å². The van der Waals surface area contributed by atoms with E-state index in [1.807, 2.05) is 0 Å².